The third-order valence-electron chi connectivity index (χ3n) is 5.80. The number of pyridine rings is 2. The van der Waals surface area contributed by atoms with Gasteiger partial charge in [0.15, 0.2) is 11.6 Å². The van der Waals surface area contributed by atoms with Gasteiger partial charge in [-0.2, -0.15) is 0 Å². The highest BCUT2D eigenvalue weighted by Gasteiger charge is 2.26. The number of carbonyl (C=O) groups is 1. The van der Waals surface area contributed by atoms with Gasteiger partial charge in [-0.1, -0.05) is 24.3 Å². The van der Waals surface area contributed by atoms with Gasteiger partial charge in [0.05, 0.1) is 23.9 Å². The Labute approximate surface area is 200 Å². The van der Waals surface area contributed by atoms with Crippen molar-refractivity contribution in [1.29, 1.82) is 0 Å². The van der Waals surface area contributed by atoms with Gasteiger partial charge in [-0.3, -0.25) is 4.79 Å². The molecule has 35 heavy (non-hydrogen) atoms. The first-order valence-electron chi connectivity index (χ1n) is 11.0. The molecule has 3 heterocycles. The molecule has 0 aliphatic carbocycles. The lowest BCUT2D eigenvalue weighted by Gasteiger charge is -2.27. The number of nitrogens with one attached hydrogen (secondary N) is 1. The van der Waals surface area contributed by atoms with E-state index in [1.807, 2.05) is 24.3 Å². The predicted molar refractivity (Wildman–Crippen MR) is 127 cm³/mol. The molecule has 9 heteroatoms. The number of fused-ring (bicyclic) bond motifs is 2. The van der Waals surface area contributed by atoms with Crippen LogP contribution in [0.15, 0.2) is 60.9 Å². The number of rotatable bonds is 5. The standard InChI is InChI=1S/C26H22F2N4O3/c1-32(2)23-16-10-12-29-26(35-24-18(27)7-5-8-19(24)28)22(16)30-14-17(23)25(33)31-20-11-13-34-21-9-4-3-6-15(20)21/h3-10,12,14,20H,11,13H2,1-2H3,(H,31,33)/t20-/m0/s1. The molecule has 0 saturated heterocycles. The van der Waals surface area contributed by atoms with Crippen LogP contribution in [0.3, 0.4) is 0 Å². The van der Waals surface area contributed by atoms with Crippen LogP contribution in [0.25, 0.3) is 10.9 Å². The first-order valence-corrected chi connectivity index (χ1v) is 11.0. The SMILES string of the molecule is CN(C)c1c(C(=O)N[C@H]2CCOc3ccccc32)cnc2c(Oc3c(F)cccc3F)nccc12. The van der Waals surface area contributed by atoms with Gasteiger partial charge in [0, 0.05) is 43.9 Å². The second-order valence-corrected chi connectivity index (χ2v) is 8.28. The first-order chi connectivity index (χ1) is 16.9. The molecule has 1 aliphatic heterocycles. The fraction of sp³-hybridized carbons (Fsp3) is 0.192. The minimum atomic E-state index is -0.857. The Hall–Kier alpha value is -4.27. The number of benzene rings is 2. The van der Waals surface area contributed by atoms with Gasteiger partial charge in [0.2, 0.25) is 11.6 Å². The van der Waals surface area contributed by atoms with Gasteiger partial charge in [0.1, 0.15) is 11.3 Å². The van der Waals surface area contributed by atoms with Gasteiger partial charge in [-0.15, -0.1) is 0 Å². The molecule has 2 aromatic carbocycles. The predicted octanol–water partition coefficient (Wildman–Crippen LogP) is 5.02. The van der Waals surface area contributed by atoms with E-state index in [2.05, 4.69) is 15.3 Å². The van der Waals surface area contributed by atoms with Gasteiger partial charge in [-0.05, 0) is 24.3 Å². The van der Waals surface area contributed by atoms with Crippen LogP contribution in [-0.4, -0.2) is 36.6 Å². The van der Waals surface area contributed by atoms with Crippen molar-refractivity contribution in [3.05, 3.63) is 83.7 Å². The highest BCUT2D eigenvalue weighted by atomic mass is 19.1. The summed E-state index contributed by atoms with van der Waals surface area (Å²) in [7, 11) is 3.60. The number of hydrogen-bond donors (Lipinski definition) is 1. The highest BCUT2D eigenvalue weighted by Crippen LogP contribution is 2.36. The Bertz CT molecular complexity index is 1410. The summed E-state index contributed by atoms with van der Waals surface area (Å²) >= 11 is 0. The fourth-order valence-corrected chi connectivity index (χ4v) is 4.21. The number of ether oxygens (including phenoxy) is 2. The van der Waals surface area contributed by atoms with Crippen molar-refractivity contribution in [2.24, 2.45) is 0 Å². The van der Waals surface area contributed by atoms with Crippen molar-refractivity contribution in [2.75, 3.05) is 25.6 Å². The summed E-state index contributed by atoms with van der Waals surface area (Å²) in [5.41, 5.74) is 2.11. The molecule has 0 unspecified atom stereocenters. The summed E-state index contributed by atoms with van der Waals surface area (Å²) in [5, 5.41) is 3.64. The van der Waals surface area contributed by atoms with E-state index < -0.39 is 17.4 Å². The van der Waals surface area contributed by atoms with Crippen LogP contribution in [-0.2, 0) is 0 Å². The Morgan fingerprint density at radius 1 is 1.09 bits per heavy atom. The van der Waals surface area contributed by atoms with Crippen LogP contribution in [0.1, 0.15) is 28.4 Å². The number of halogens is 2. The maximum absolute atomic E-state index is 14.2. The van der Waals surface area contributed by atoms with Crippen molar-refractivity contribution in [3.8, 4) is 17.4 Å². The highest BCUT2D eigenvalue weighted by molar-refractivity contribution is 6.08. The van der Waals surface area contributed by atoms with Crippen LogP contribution in [0.5, 0.6) is 17.4 Å². The van der Waals surface area contributed by atoms with Gasteiger partial charge < -0.3 is 19.7 Å². The van der Waals surface area contributed by atoms with Crippen molar-refractivity contribution in [3.63, 3.8) is 0 Å². The second-order valence-electron chi connectivity index (χ2n) is 8.28. The van der Waals surface area contributed by atoms with E-state index in [1.54, 1.807) is 25.1 Å². The van der Waals surface area contributed by atoms with Crippen molar-refractivity contribution in [2.45, 2.75) is 12.5 Å². The molecule has 1 atom stereocenters. The number of carbonyl (C=O) groups excluding carboxylic acids is 1. The average Bonchev–Trinajstić information content (AvgIpc) is 2.85. The maximum atomic E-state index is 14.2. The van der Waals surface area contributed by atoms with Crippen LogP contribution in [0, 0.1) is 11.6 Å². The zero-order chi connectivity index (χ0) is 24.5. The minimum absolute atomic E-state index is 0.0695. The number of anilines is 1. The number of aromatic nitrogens is 2. The zero-order valence-corrected chi connectivity index (χ0v) is 19.1. The van der Waals surface area contributed by atoms with Gasteiger partial charge in [0.25, 0.3) is 5.91 Å². The minimum Gasteiger partial charge on any atom is -0.493 e. The summed E-state index contributed by atoms with van der Waals surface area (Å²) in [6, 6.07) is 12.5. The van der Waals surface area contributed by atoms with E-state index in [0.717, 1.165) is 23.4 Å². The molecule has 0 saturated carbocycles. The molecule has 0 bridgehead atoms. The van der Waals surface area contributed by atoms with Crippen molar-refractivity contribution >= 4 is 22.5 Å². The van der Waals surface area contributed by atoms with Gasteiger partial charge >= 0.3 is 0 Å². The first kappa shape index (κ1) is 22.5. The third-order valence-corrected chi connectivity index (χ3v) is 5.80. The molecular formula is C26H22F2N4O3. The van der Waals surface area contributed by atoms with Crippen LogP contribution < -0.4 is 19.7 Å². The van der Waals surface area contributed by atoms with Gasteiger partial charge in [-0.25, -0.2) is 18.7 Å². The lowest BCUT2D eigenvalue weighted by Crippen LogP contribution is -2.33. The number of amides is 1. The molecule has 1 amide bonds. The van der Waals surface area contributed by atoms with Crippen molar-refractivity contribution in [1.82, 2.24) is 15.3 Å². The molecule has 0 spiro atoms. The molecule has 1 aliphatic rings. The monoisotopic (exact) mass is 476 g/mol. The Balaban J connectivity index is 1.53. The van der Waals surface area contributed by atoms with E-state index >= 15 is 0 Å². The fourth-order valence-electron chi connectivity index (χ4n) is 4.21. The zero-order valence-electron chi connectivity index (χ0n) is 19.1. The molecule has 4 aromatic rings. The van der Waals surface area contributed by atoms with Crippen LogP contribution in [0.4, 0.5) is 14.5 Å². The Morgan fingerprint density at radius 2 is 1.86 bits per heavy atom. The van der Waals surface area contributed by atoms with E-state index in [1.165, 1.54) is 18.5 Å². The number of hydrogen-bond acceptors (Lipinski definition) is 6. The molecule has 0 fully saturated rings. The van der Waals surface area contributed by atoms with Crippen LogP contribution in [0.2, 0.25) is 0 Å². The average molecular weight is 476 g/mol. The summed E-state index contributed by atoms with van der Waals surface area (Å²) in [4.78, 5) is 23.7. The second kappa shape index (κ2) is 9.17. The largest absolute Gasteiger partial charge is 0.493 e. The van der Waals surface area contributed by atoms with E-state index in [9.17, 15) is 13.6 Å². The number of para-hydroxylation sites is 2. The third kappa shape index (κ3) is 4.21. The topological polar surface area (TPSA) is 76.6 Å². The summed E-state index contributed by atoms with van der Waals surface area (Å²) < 4.78 is 39.5. The summed E-state index contributed by atoms with van der Waals surface area (Å²) in [5.74, 6) is -1.90. The molecule has 7 nitrogen and oxygen atoms in total. The quantitative estimate of drug-likeness (QED) is 0.436. The van der Waals surface area contributed by atoms with E-state index in [-0.39, 0.29) is 23.3 Å². The summed E-state index contributed by atoms with van der Waals surface area (Å²) in [6.07, 6.45) is 3.50. The maximum Gasteiger partial charge on any atom is 0.255 e. The Morgan fingerprint density at radius 3 is 2.63 bits per heavy atom. The Kier molecular flexibility index (Phi) is 5.90. The smallest absolute Gasteiger partial charge is 0.255 e. The normalized spacial score (nSPS) is 14.7. The van der Waals surface area contributed by atoms with E-state index in [0.29, 0.717) is 29.7 Å². The number of nitrogens with zero attached hydrogens (tertiary/aromatic N) is 3. The van der Waals surface area contributed by atoms with Crippen molar-refractivity contribution < 1.29 is 23.0 Å². The molecular weight excluding hydrogens is 454 g/mol. The molecule has 178 valence electrons. The van der Waals surface area contributed by atoms with E-state index in [4.69, 9.17) is 9.47 Å². The lowest BCUT2D eigenvalue weighted by atomic mass is 10.00. The molecule has 1 N–H and O–H groups in total. The summed E-state index contributed by atoms with van der Waals surface area (Å²) in [6.45, 7) is 0.497. The molecule has 2 aromatic heterocycles. The lowest BCUT2D eigenvalue weighted by molar-refractivity contribution is 0.0925. The molecule has 5 rings (SSSR count). The molecule has 0 radical (unpaired) electrons. The van der Waals surface area contributed by atoms with Crippen LogP contribution >= 0.6 is 0 Å².